The van der Waals surface area contributed by atoms with Gasteiger partial charge in [-0.05, 0) is 44.5 Å². The zero-order chi connectivity index (χ0) is 12.4. The van der Waals surface area contributed by atoms with Crippen LogP contribution in [-0.4, -0.2) is 16.1 Å². The molecule has 0 bridgehead atoms. The zero-order valence-corrected chi connectivity index (χ0v) is 10.2. The number of nitrogens with two attached hydrogens (primary N) is 1. The predicted molar refractivity (Wildman–Crippen MR) is 68.6 cm³/mol. The van der Waals surface area contributed by atoms with Crippen molar-refractivity contribution >= 4 is 0 Å². The van der Waals surface area contributed by atoms with Gasteiger partial charge < -0.3 is 10.7 Å². The highest BCUT2D eigenvalue weighted by molar-refractivity contribution is 5.38. The lowest BCUT2D eigenvalue weighted by Crippen LogP contribution is -2.16. The van der Waals surface area contributed by atoms with E-state index in [1.54, 1.807) is 4.57 Å². The minimum absolute atomic E-state index is 0.0927. The van der Waals surface area contributed by atoms with E-state index in [0.29, 0.717) is 6.54 Å². The van der Waals surface area contributed by atoms with Crippen LogP contribution in [0.25, 0.3) is 5.69 Å². The van der Waals surface area contributed by atoms with E-state index in [1.165, 1.54) is 0 Å². The summed E-state index contributed by atoms with van der Waals surface area (Å²) >= 11 is 0. The standard InChI is InChI=1S/C13H17N3O/c1-9-10(2)16(13(17)15-9)12-5-3-4-11(8-12)6-7-14/h3-5,8H,6-7,14H2,1-2H3,(H,15,17). The Kier molecular flexibility index (Phi) is 3.15. The van der Waals surface area contributed by atoms with E-state index in [-0.39, 0.29) is 5.69 Å². The fraction of sp³-hybridized carbons (Fsp3) is 0.308. The first-order valence-corrected chi connectivity index (χ1v) is 5.71. The average molecular weight is 231 g/mol. The first-order chi connectivity index (χ1) is 8.13. The zero-order valence-electron chi connectivity index (χ0n) is 10.2. The smallest absolute Gasteiger partial charge is 0.330 e. The summed E-state index contributed by atoms with van der Waals surface area (Å²) in [4.78, 5) is 14.6. The van der Waals surface area contributed by atoms with Crippen molar-refractivity contribution in [3.05, 3.63) is 51.7 Å². The van der Waals surface area contributed by atoms with E-state index in [4.69, 9.17) is 5.73 Å². The third kappa shape index (κ3) is 2.17. The summed E-state index contributed by atoms with van der Waals surface area (Å²) in [6.07, 6.45) is 0.824. The molecule has 0 unspecified atom stereocenters. The van der Waals surface area contributed by atoms with Gasteiger partial charge >= 0.3 is 5.69 Å². The lowest BCUT2D eigenvalue weighted by Gasteiger charge is -2.06. The number of imidazole rings is 1. The molecule has 0 amide bonds. The first-order valence-electron chi connectivity index (χ1n) is 5.71. The van der Waals surface area contributed by atoms with Gasteiger partial charge in [0.1, 0.15) is 0 Å². The van der Waals surface area contributed by atoms with Crippen molar-refractivity contribution in [2.24, 2.45) is 5.73 Å². The Bertz CT molecular complexity index is 581. The van der Waals surface area contributed by atoms with Crippen LogP contribution in [0.1, 0.15) is 17.0 Å². The van der Waals surface area contributed by atoms with Crippen LogP contribution < -0.4 is 11.4 Å². The maximum absolute atomic E-state index is 11.8. The molecule has 4 nitrogen and oxygen atoms in total. The van der Waals surface area contributed by atoms with Crippen LogP contribution in [0.4, 0.5) is 0 Å². The molecule has 1 heterocycles. The number of aromatic nitrogens is 2. The summed E-state index contributed by atoms with van der Waals surface area (Å²) in [5, 5.41) is 0. The normalized spacial score (nSPS) is 10.8. The van der Waals surface area contributed by atoms with Crippen molar-refractivity contribution in [2.45, 2.75) is 20.3 Å². The lowest BCUT2D eigenvalue weighted by molar-refractivity contribution is 0.929. The molecule has 0 saturated heterocycles. The molecule has 90 valence electrons. The van der Waals surface area contributed by atoms with Crippen LogP contribution in [0.5, 0.6) is 0 Å². The summed E-state index contributed by atoms with van der Waals surface area (Å²) < 4.78 is 1.69. The van der Waals surface area contributed by atoms with Crippen molar-refractivity contribution in [1.29, 1.82) is 0 Å². The molecule has 1 aromatic heterocycles. The van der Waals surface area contributed by atoms with Gasteiger partial charge in [-0.15, -0.1) is 0 Å². The van der Waals surface area contributed by atoms with E-state index in [9.17, 15) is 4.79 Å². The number of H-pyrrole nitrogens is 1. The molecule has 0 fully saturated rings. The van der Waals surface area contributed by atoms with Crippen LogP contribution in [0.2, 0.25) is 0 Å². The van der Waals surface area contributed by atoms with Crippen LogP contribution >= 0.6 is 0 Å². The Hall–Kier alpha value is -1.81. The molecule has 0 atom stereocenters. The molecule has 0 aliphatic carbocycles. The number of rotatable bonds is 3. The van der Waals surface area contributed by atoms with E-state index in [2.05, 4.69) is 4.98 Å². The Morgan fingerprint density at radius 3 is 2.71 bits per heavy atom. The molecular weight excluding hydrogens is 214 g/mol. The van der Waals surface area contributed by atoms with Gasteiger partial charge in [0.05, 0.1) is 5.69 Å². The number of aryl methyl sites for hydroxylation is 1. The molecule has 0 saturated carbocycles. The van der Waals surface area contributed by atoms with Crippen LogP contribution in [-0.2, 0) is 6.42 Å². The van der Waals surface area contributed by atoms with Gasteiger partial charge in [0.2, 0.25) is 0 Å². The predicted octanol–water partition coefficient (Wildman–Crippen LogP) is 1.28. The number of hydrogen-bond acceptors (Lipinski definition) is 2. The van der Waals surface area contributed by atoms with Gasteiger partial charge in [-0.1, -0.05) is 12.1 Å². The second-order valence-electron chi connectivity index (χ2n) is 4.18. The Morgan fingerprint density at radius 2 is 2.12 bits per heavy atom. The molecule has 4 heteroatoms. The number of nitrogens with one attached hydrogen (secondary N) is 1. The SMILES string of the molecule is Cc1[nH]c(=O)n(-c2cccc(CCN)c2)c1C. The van der Waals surface area contributed by atoms with E-state index in [1.807, 2.05) is 38.1 Å². The molecule has 3 N–H and O–H groups in total. The Labute approximate surface area is 100 Å². The molecule has 0 aliphatic rings. The molecule has 0 aliphatic heterocycles. The molecule has 0 spiro atoms. The summed E-state index contributed by atoms with van der Waals surface area (Å²) in [6.45, 7) is 4.45. The lowest BCUT2D eigenvalue weighted by atomic mass is 10.1. The summed E-state index contributed by atoms with van der Waals surface area (Å²) in [5.74, 6) is 0. The van der Waals surface area contributed by atoms with Gasteiger partial charge in [0.15, 0.2) is 0 Å². The van der Waals surface area contributed by atoms with E-state index < -0.39 is 0 Å². The van der Waals surface area contributed by atoms with Gasteiger partial charge in [0.25, 0.3) is 0 Å². The number of nitrogens with zero attached hydrogens (tertiary/aromatic N) is 1. The monoisotopic (exact) mass is 231 g/mol. The molecule has 17 heavy (non-hydrogen) atoms. The number of hydrogen-bond donors (Lipinski definition) is 2. The fourth-order valence-corrected chi connectivity index (χ4v) is 1.96. The van der Waals surface area contributed by atoms with Crippen molar-refractivity contribution in [3.63, 3.8) is 0 Å². The average Bonchev–Trinajstić information content (AvgIpc) is 2.54. The molecule has 2 aromatic rings. The highest BCUT2D eigenvalue weighted by atomic mass is 16.1. The van der Waals surface area contributed by atoms with Crippen LogP contribution in [0.15, 0.2) is 29.1 Å². The van der Waals surface area contributed by atoms with E-state index >= 15 is 0 Å². The molecule has 2 rings (SSSR count). The first kappa shape index (κ1) is 11.7. The third-order valence-electron chi connectivity index (χ3n) is 2.98. The maximum atomic E-state index is 11.8. The minimum atomic E-state index is -0.0927. The van der Waals surface area contributed by atoms with Gasteiger partial charge in [-0.2, -0.15) is 0 Å². The van der Waals surface area contributed by atoms with E-state index in [0.717, 1.165) is 29.1 Å². The van der Waals surface area contributed by atoms with Crippen LogP contribution in [0, 0.1) is 13.8 Å². The minimum Gasteiger partial charge on any atom is -0.330 e. The van der Waals surface area contributed by atoms with Gasteiger partial charge in [-0.25, -0.2) is 4.79 Å². The fourth-order valence-electron chi connectivity index (χ4n) is 1.96. The molecule has 1 aromatic carbocycles. The van der Waals surface area contributed by atoms with Crippen molar-refractivity contribution in [3.8, 4) is 5.69 Å². The second kappa shape index (κ2) is 4.59. The summed E-state index contributed by atoms with van der Waals surface area (Å²) in [6, 6.07) is 7.92. The van der Waals surface area contributed by atoms with Crippen LogP contribution in [0.3, 0.4) is 0 Å². The third-order valence-corrected chi connectivity index (χ3v) is 2.98. The highest BCUT2D eigenvalue weighted by Gasteiger charge is 2.08. The molecular formula is C13H17N3O. The summed E-state index contributed by atoms with van der Waals surface area (Å²) in [7, 11) is 0. The Morgan fingerprint density at radius 1 is 1.35 bits per heavy atom. The van der Waals surface area contributed by atoms with Crippen molar-refractivity contribution in [1.82, 2.24) is 9.55 Å². The topological polar surface area (TPSA) is 63.8 Å². The van der Waals surface area contributed by atoms with Gasteiger partial charge in [-0.3, -0.25) is 4.57 Å². The quantitative estimate of drug-likeness (QED) is 0.836. The summed E-state index contributed by atoms with van der Waals surface area (Å²) in [5.41, 5.74) is 9.33. The van der Waals surface area contributed by atoms with Gasteiger partial charge in [0, 0.05) is 11.4 Å². The highest BCUT2D eigenvalue weighted by Crippen LogP contribution is 2.12. The number of benzene rings is 1. The largest absolute Gasteiger partial charge is 0.330 e. The van der Waals surface area contributed by atoms with Crippen molar-refractivity contribution in [2.75, 3.05) is 6.54 Å². The Balaban J connectivity index is 2.53. The maximum Gasteiger partial charge on any atom is 0.330 e. The second-order valence-corrected chi connectivity index (χ2v) is 4.18. The molecule has 0 radical (unpaired) electrons. The number of aromatic amines is 1. The van der Waals surface area contributed by atoms with Crippen molar-refractivity contribution < 1.29 is 0 Å².